The van der Waals surface area contributed by atoms with Crippen molar-refractivity contribution in [3.05, 3.63) is 59.4 Å². The first-order valence-electron chi connectivity index (χ1n) is 7.82. The van der Waals surface area contributed by atoms with E-state index in [4.69, 9.17) is 10.00 Å². The summed E-state index contributed by atoms with van der Waals surface area (Å²) in [5, 5.41) is 11.5. The third kappa shape index (κ3) is 4.00. The molecule has 126 valence electrons. The summed E-state index contributed by atoms with van der Waals surface area (Å²) < 4.78 is 5.24. The quantitative estimate of drug-likeness (QED) is 0.920. The van der Waals surface area contributed by atoms with E-state index in [1.807, 2.05) is 6.07 Å². The van der Waals surface area contributed by atoms with Gasteiger partial charge < -0.3 is 15.0 Å². The van der Waals surface area contributed by atoms with E-state index in [1.54, 1.807) is 35.2 Å². The average Bonchev–Trinajstić information content (AvgIpc) is 2.68. The standard InChI is InChI=1S/C18H16N4O3/c19-12-13-1-3-15(4-2-13)21-17(23)16-11-14(5-6-20-16)18(24)22-7-9-25-10-8-22/h1-6,11H,7-10H2,(H,21,23). The van der Waals surface area contributed by atoms with Crippen LogP contribution in [0.15, 0.2) is 42.6 Å². The number of carbonyl (C=O) groups is 2. The Morgan fingerprint density at radius 3 is 2.56 bits per heavy atom. The fourth-order valence-corrected chi connectivity index (χ4v) is 2.46. The van der Waals surface area contributed by atoms with Gasteiger partial charge in [-0.15, -0.1) is 0 Å². The Labute approximate surface area is 144 Å². The largest absolute Gasteiger partial charge is 0.378 e. The normalized spacial score (nSPS) is 13.8. The summed E-state index contributed by atoms with van der Waals surface area (Å²) in [5.74, 6) is -0.556. The van der Waals surface area contributed by atoms with Gasteiger partial charge in [0.2, 0.25) is 0 Å². The van der Waals surface area contributed by atoms with Gasteiger partial charge >= 0.3 is 0 Å². The minimum atomic E-state index is -0.415. The first-order valence-corrected chi connectivity index (χ1v) is 7.82. The molecule has 0 aliphatic carbocycles. The van der Waals surface area contributed by atoms with Gasteiger partial charge in [-0.2, -0.15) is 5.26 Å². The van der Waals surface area contributed by atoms with Crippen LogP contribution in [0.2, 0.25) is 0 Å². The topological polar surface area (TPSA) is 95.3 Å². The third-order valence-corrected chi connectivity index (χ3v) is 3.81. The van der Waals surface area contributed by atoms with Crippen molar-refractivity contribution in [3.8, 4) is 6.07 Å². The van der Waals surface area contributed by atoms with Crippen molar-refractivity contribution in [2.75, 3.05) is 31.6 Å². The van der Waals surface area contributed by atoms with Gasteiger partial charge in [0, 0.05) is 30.5 Å². The van der Waals surface area contributed by atoms with Crippen molar-refractivity contribution in [2.45, 2.75) is 0 Å². The molecule has 1 aliphatic rings. The molecule has 1 saturated heterocycles. The number of carbonyl (C=O) groups excluding carboxylic acids is 2. The molecule has 1 aromatic heterocycles. The van der Waals surface area contributed by atoms with Gasteiger partial charge in [0.05, 0.1) is 24.8 Å². The molecular weight excluding hydrogens is 320 g/mol. The molecule has 1 aromatic carbocycles. The Balaban J connectivity index is 1.72. The number of ether oxygens (including phenoxy) is 1. The molecule has 7 heteroatoms. The molecule has 0 bridgehead atoms. The van der Waals surface area contributed by atoms with Gasteiger partial charge in [-0.05, 0) is 36.4 Å². The van der Waals surface area contributed by atoms with Crippen LogP contribution in [-0.4, -0.2) is 48.0 Å². The maximum absolute atomic E-state index is 12.5. The van der Waals surface area contributed by atoms with Crippen LogP contribution in [0.5, 0.6) is 0 Å². The van der Waals surface area contributed by atoms with Gasteiger partial charge in [-0.1, -0.05) is 0 Å². The van der Waals surface area contributed by atoms with Crippen LogP contribution in [0.1, 0.15) is 26.4 Å². The van der Waals surface area contributed by atoms with Gasteiger partial charge in [0.15, 0.2) is 0 Å². The van der Waals surface area contributed by atoms with E-state index in [9.17, 15) is 9.59 Å². The number of nitriles is 1. The number of nitrogens with one attached hydrogen (secondary N) is 1. The highest BCUT2D eigenvalue weighted by Gasteiger charge is 2.20. The molecule has 0 atom stereocenters. The van der Waals surface area contributed by atoms with E-state index in [-0.39, 0.29) is 11.6 Å². The SMILES string of the molecule is N#Cc1ccc(NC(=O)c2cc(C(=O)N3CCOCC3)ccn2)cc1. The summed E-state index contributed by atoms with van der Waals surface area (Å²) in [6.07, 6.45) is 1.45. The molecule has 0 unspecified atom stereocenters. The lowest BCUT2D eigenvalue weighted by Crippen LogP contribution is -2.40. The smallest absolute Gasteiger partial charge is 0.274 e. The zero-order valence-electron chi connectivity index (χ0n) is 13.4. The molecule has 7 nitrogen and oxygen atoms in total. The second-order valence-electron chi connectivity index (χ2n) is 5.48. The monoisotopic (exact) mass is 336 g/mol. The zero-order chi connectivity index (χ0) is 17.6. The molecule has 2 heterocycles. The van der Waals surface area contributed by atoms with Crippen LogP contribution in [0.4, 0.5) is 5.69 Å². The number of pyridine rings is 1. The van der Waals surface area contributed by atoms with E-state index in [0.29, 0.717) is 43.1 Å². The van der Waals surface area contributed by atoms with Crippen LogP contribution >= 0.6 is 0 Å². The summed E-state index contributed by atoms with van der Waals surface area (Å²) in [5.41, 5.74) is 1.63. The maximum Gasteiger partial charge on any atom is 0.274 e. The van der Waals surface area contributed by atoms with E-state index in [1.165, 1.54) is 12.3 Å². The van der Waals surface area contributed by atoms with E-state index in [0.717, 1.165) is 0 Å². The molecule has 25 heavy (non-hydrogen) atoms. The Morgan fingerprint density at radius 2 is 1.88 bits per heavy atom. The van der Waals surface area contributed by atoms with Crippen LogP contribution in [0.25, 0.3) is 0 Å². The van der Waals surface area contributed by atoms with E-state index in [2.05, 4.69) is 10.3 Å². The number of morpholine rings is 1. The Kier molecular flexibility index (Phi) is 5.02. The van der Waals surface area contributed by atoms with Crippen LogP contribution < -0.4 is 5.32 Å². The Bertz CT molecular complexity index is 821. The minimum Gasteiger partial charge on any atom is -0.378 e. The number of amides is 2. The Morgan fingerprint density at radius 1 is 1.16 bits per heavy atom. The fourth-order valence-electron chi connectivity index (χ4n) is 2.46. The van der Waals surface area contributed by atoms with Gasteiger partial charge in [0.1, 0.15) is 5.69 Å². The van der Waals surface area contributed by atoms with Crippen molar-refractivity contribution in [2.24, 2.45) is 0 Å². The molecule has 1 fully saturated rings. The summed E-state index contributed by atoms with van der Waals surface area (Å²) in [6, 6.07) is 11.6. The highest BCUT2D eigenvalue weighted by atomic mass is 16.5. The molecule has 2 amide bonds. The van der Waals surface area contributed by atoms with Crippen molar-refractivity contribution < 1.29 is 14.3 Å². The molecule has 0 saturated carbocycles. The number of hydrogen-bond acceptors (Lipinski definition) is 5. The van der Waals surface area contributed by atoms with Crippen molar-refractivity contribution in [1.82, 2.24) is 9.88 Å². The number of anilines is 1. The number of benzene rings is 1. The average molecular weight is 336 g/mol. The van der Waals surface area contributed by atoms with E-state index < -0.39 is 5.91 Å². The summed E-state index contributed by atoms with van der Waals surface area (Å²) in [6.45, 7) is 2.10. The Hall–Kier alpha value is -3.24. The lowest BCUT2D eigenvalue weighted by Gasteiger charge is -2.26. The lowest BCUT2D eigenvalue weighted by atomic mass is 10.1. The van der Waals surface area contributed by atoms with Gasteiger partial charge in [-0.25, -0.2) is 0 Å². The van der Waals surface area contributed by atoms with Crippen LogP contribution in [0.3, 0.4) is 0 Å². The van der Waals surface area contributed by atoms with Crippen LogP contribution in [-0.2, 0) is 4.74 Å². The molecule has 1 aliphatic heterocycles. The van der Waals surface area contributed by atoms with Crippen LogP contribution in [0, 0.1) is 11.3 Å². The van der Waals surface area contributed by atoms with Gasteiger partial charge in [0.25, 0.3) is 11.8 Å². The third-order valence-electron chi connectivity index (χ3n) is 3.81. The second-order valence-corrected chi connectivity index (χ2v) is 5.48. The second kappa shape index (κ2) is 7.55. The molecule has 2 aromatic rings. The first kappa shape index (κ1) is 16.6. The molecular formula is C18H16N4O3. The summed E-state index contributed by atoms with van der Waals surface area (Å²) in [7, 11) is 0. The highest BCUT2D eigenvalue weighted by Crippen LogP contribution is 2.12. The lowest BCUT2D eigenvalue weighted by molar-refractivity contribution is 0.0303. The zero-order valence-corrected chi connectivity index (χ0v) is 13.4. The fraction of sp³-hybridized carbons (Fsp3) is 0.222. The molecule has 1 N–H and O–H groups in total. The first-order chi connectivity index (χ1) is 12.2. The van der Waals surface area contributed by atoms with E-state index >= 15 is 0 Å². The van der Waals surface area contributed by atoms with Gasteiger partial charge in [-0.3, -0.25) is 14.6 Å². The number of rotatable bonds is 3. The highest BCUT2D eigenvalue weighted by molar-refractivity contribution is 6.04. The minimum absolute atomic E-state index is 0.141. The predicted octanol–water partition coefficient (Wildman–Crippen LogP) is 1.68. The summed E-state index contributed by atoms with van der Waals surface area (Å²) >= 11 is 0. The van der Waals surface area contributed by atoms with Crippen molar-refractivity contribution in [1.29, 1.82) is 5.26 Å². The molecule has 0 spiro atoms. The summed E-state index contributed by atoms with van der Waals surface area (Å²) in [4.78, 5) is 30.6. The predicted molar refractivity (Wildman–Crippen MR) is 90.1 cm³/mol. The number of nitrogens with zero attached hydrogens (tertiary/aromatic N) is 3. The number of hydrogen-bond donors (Lipinski definition) is 1. The van der Waals surface area contributed by atoms with Crippen molar-refractivity contribution >= 4 is 17.5 Å². The molecule has 3 rings (SSSR count). The maximum atomic E-state index is 12.5. The van der Waals surface area contributed by atoms with Crippen molar-refractivity contribution in [3.63, 3.8) is 0 Å². The number of aromatic nitrogens is 1. The molecule has 0 radical (unpaired) electrons.